The van der Waals surface area contributed by atoms with Gasteiger partial charge in [0.15, 0.2) is 0 Å². The predicted molar refractivity (Wildman–Crippen MR) is 139 cm³/mol. The van der Waals surface area contributed by atoms with Crippen LogP contribution in [0.4, 0.5) is 0 Å². The molecule has 0 N–H and O–H groups in total. The number of halogens is 2. The van der Waals surface area contributed by atoms with Crippen molar-refractivity contribution in [1.82, 2.24) is 0 Å². The minimum absolute atomic E-state index is 0.149. The molecule has 0 aromatic heterocycles. The van der Waals surface area contributed by atoms with Crippen molar-refractivity contribution in [1.29, 1.82) is 0 Å². The molecule has 31 heavy (non-hydrogen) atoms. The Kier molecular flexibility index (Phi) is 11.3. The summed E-state index contributed by atoms with van der Waals surface area (Å²) in [7, 11) is 13.6. The Morgan fingerprint density at radius 2 is 1.42 bits per heavy atom. The molecule has 0 fully saturated rings. The van der Waals surface area contributed by atoms with Crippen molar-refractivity contribution in [2.24, 2.45) is 0 Å². The topological polar surface area (TPSA) is 0 Å². The zero-order valence-corrected chi connectivity index (χ0v) is 25.0. The van der Waals surface area contributed by atoms with Gasteiger partial charge in [0, 0.05) is 0 Å². The van der Waals surface area contributed by atoms with Gasteiger partial charge in [0.05, 0.1) is 0 Å². The van der Waals surface area contributed by atoms with E-state index in [1.165, 1.54) is 85.9 Å². The van der Waals surface area contributed by atoms with Crippen molar-refractivity contribution < 1.29 is 19.1 Å². The predicted octanol–water partition coefficient (Wildman–Crippen LogP) is 10.3. The van der Waals surface area contributed by atoms with Crippen molar-refractivity contribution in [2.75, 3.05) is 12.3 Å². The van der Waals surface area contributed by atoms with Crippen molar-refractivity contribution >= 4 is 31.2 Å². The van der Waals surface area contributed by atoms with Crippen LogP contribution in [0.1, 0.15) is 80.0 Å². The molecule has 1 atom stereocenters. The van der Waals surface area contributed by atoms with Gasteiger partial charge in [-0.1, -0.05) is 0 Å². The summed E-state index contributed by atoms with van der Waals surface area (Å²) in [4.78, 5) is 0. The summed E-state index contributed by atoms with van der Waals surface area (Å²) >= 11 is -2.69. The van der Waals surface area contributed by atoms with Crippen LogP contribution in [0.25, 0.3) is 17.2 Å². The zero-order chi connectivity index (χ0) is 22.1. The minimum atomic E-state index is -2.69. The van der Waals surface area contributed by atoms with E-state index in [9.17, 15) is 0 Å². The summed E-state index contributed by atoms with van der Waals surface area (Å²) < 4.78 is 0.357. The maximum absolute atomic E-state index is 6.86. The quantitative estimate of drug-likeness (QED) is 0.116. The first-order valence-electron chi connectivity index (χ1n) is 12.0. The van der Waals surface area contributed by atoms with Crippen molar-refractivity contribution in [3.05, 3.63) is 65.0 Å². The molecule has 0 aliphatic heterocycles. The van der Waals surface area contributed by atoms with Gasteiger partial charge in [-0.3, -0.25) is 0 Å². The summed E-state index contributed by atoms with van der Waals surface area (Å²) in [5, 5.41) is 1.63. The molecule has 4 heteroatoms. The first kappa shape index (κ1) is 25.7. The molecule has 0 nitrogen and oxygen atoms in total. The standard InChI is InChI=1S/C27H36P.2ClH.Hf/c1-3-5-7-12-19-28(20-13-8-6-4-2)25-21-24-17-14-18-26(27(24)22-25)23-15-10-9-11-16-23;;;/h9-11,14-18,21-22H,3-8,12-13,19-20H2,1-2H3;2*1H;/q;;;+2/p-2. The van der Waals surface area contributed by atoms with E-state index in [1.807, 2.05) is 0 Å². The molecule has 3 rings (SSSR count). The summed E-state index contributed by atoms with van der Waals surface area (Å²) in [6.07, 6.45) is 16.0. The van der Waals surface area contributed by atoms with E-state index >= 15 is 0 Å². The van der Waals surface area contributed by atoms with Gasteiger partial charge in [-0.05, 0) is 0 Å². The number of allylic oxidation sites excluding steroid dienone is 1. The number of benzene rings is 2. The Morgan fingerprint density at radius 1 is 0.774 bits per heavy atom. The third-order valence-corrected chi connectivity index (χ3v) is 17.3. The second kappa shape index (κ2) is 13.7. The monoisotopic (exact) mass is 641 g/mol. The van der Waals surface area contributed by atoms with Gasteiger partial charge in [-0.15, -0.1) is 0 Å². The van der Waals surface area contributed by atoms with Gasteiger partial charge >= 0.3 is 208 Å². The van der Waals surface area contributed by atoms with Gasteiger partial charge in [-0.25, -0.2) is 0 Å². The molecule has 2 aromatic rings. The van der Waals surface area contributed by atoms with Crippen LogP contribution in [0.15, 0.2) is 53.8 Å². The number of hydrogen-bond donors (Lipinski definition) is 0. The van der Waals surface area contributed by atoms with E-state index in [-0.39, 0.29) is 7.92 Å². The van der Waals surface area contributed by atoms with Gasteiger partial charge in [0.25, 0.3) is 0 Å². The molecule has 1 aliphatic rings. The molecule has 0 bridgehead atoms. The Hall–Kier alpha value is 0.0601. The average molecular weight is 641 g/mol. The molecule has 167 valence electrons. The van der Waals surface area contributed by atoms with Gasteiger partial charge in [-0.2, -0.15) is 0 Å². The molecule has 1 unspecified atom stereocenters. The van der Waals surface area contributed by atoms with Crippen LogP contribution >= 0.6 is 25.1 Å². The van der Waals surface area contributed by atoms with E-state index in [0.29, 0.717) is 3.67 Å². The van der Waals surface area contributed by atoms with Gasteiger partial charge in [0.1, 0.15) is 0 Å². The fourth-order valence-electron chi connectivity index (χ4n) is 4.59. The molecule has 0 radical (unpaired) electrons. The van der Waals surface area contributed by atoms with Crippen LogP contribution in [0.2, 0.25) is 0 Å². The van der Waals surface area contributed by atoms with Gasteiger partial charge in [0.2, 0.25) is 0 Å². The van der Waals surface area contributed by atoms with E-state index in [0.717, 1.165) is 0 Å². The SMILES string of the molecule is CCCCCCP(CCCCCC)C1=Cc2c(-c3ccccc3)cccc2[CH]1[Hf]([Cl])[Cl]. The Morgan fingerprint density at radius 3 is 2.00 bits per heavy atom. The third-order valence-electron chi connectivity index (χ3n) is 6.27. The Bertz CT molecular complexity index is 822. The van der Waals surface area contributed by atoms with Crippen LogP contribution in [0.3, 0.4) is 0 Å². The van der Waals surface area contributed by atoms with E-state index in [2.05, 4.69) is 68.5 Å². The molecule has 0 heterocycles. The molecule has 0 saturated carbocycles. The molecule has 0 saturated heterocycles. The van der Waals surface area contributed by atoms with Crippen molar-refractivity contribution in [3.8, 4) is 11.1 Å². The fourth-order valence-corrected chi connectivity index (χ4v) is 18.3. The van der Waals surface area contributed by atoms with E-state index in [4.69, 9.17) is 17.2 Å². The summed E-state index contributed by atoms with van der Waals surface area (Å²) in [5.41, 5.74) is 5.44. The normalized spacial score (nSPS) is 15.3. The fraction of sp³-hybridized carbons (Fsp3) is 0.481. The Labute approximate surface area is 206 Å². The first-order valence-corrected chi connectivity index (χ1v) is 24.7. The van der Waals surface area contributed by atoms with Crippen LogP contribution in [0.5, 0.6) is 0 Å². The molecule has 0 amide bonds. The number of unbranched alkanes of at least 4 members (excludes halogenated alkanes) is 6. The van der Waals surface area contributed by atoms with Crippen molar-refractivity contribution in [3.63, 3.8) is 0 Å². The maximum atomic E-state index is 6.86. The summed E-state index contributed by atoms with van der Waals surface area (Å²) in [5.74, 6) is 0. The molecular weight excluding hydrogens is 605 g/mol. The average Bonchev–Trinajstić information content (AvgIpc) is 3.18. The Balaban J connectivity index is 1.91. The van der Waals surface area contributed by atoms with Crippen LogP contribution in [0, 0.1) is 0 Å². The number of rotatable bonds is 13. The van der Waals surface area contributed by atoms with Crippen molar-refractivity contribution in [2.45, 2.75) is 68.9 Å². The molecule has 0 spiro atoms. The van der Waals surface area contributed by atoms with Gasteiger partial charge < -0.3 is 0 Å². The van der Waals surface area contributed by atoms with Crippen LogP contribution in [-0.2, 0) is 19.1 Å². The molecule has 2 aromatic carbocycles. The number of hydrogen-bond acceptors (Lipinski definition) is 0. The molecular formula is C27H36Cl2HfP. The zero-order valence-electron chi connectivity index (χ0n) is 19.0. The third kappa shape index (κ3) is 7.02. The molecule has 1 aliphatic carbocycles. The van der Waals surface area contributed by atoms with E-state index < -0.39 is 19.1 Å². The second-order valence-corrected chi connectivity index (χ2v) is 23.5. The summed E-state index contributed by atoms with van der Waals surface area (Å²) in [6.45, 7) is 4.59. The van der Waals surface area contributed by atoms with Crippen LogP contribution < -0.4 is 0 Å². The van der Waals surface area contributed by atoms with E-state index in [1.54, 1.807) is 5.31 Å². The second-order valence-electron chi connectivity index (χ2n) is 8.57. The number of fused-ring (bicyclic) bond motifs is 1. The summed E-state index contributed by atoms with van der Waals surface area (Å²) in [6, 6.07) is 17.6. The first-order chi connectivity index (χ1) is 15.2. The van der Waals surface area contributed by atoms with Crippen LogP contribution in [-0.4, -0.2) is 12.3 Å².